The van der Waals surface area contributed by atoms with Crippen molar-refractivity contribution in [1.29, 1.82) is 0 Å². The minimum Gasteiger partial charge on any atom is -0.342 e. The Kier molecular flexibility index (Phi) is 4.74. The van der Waals surface area contributed by atoms with Crippen LogP contribution in [-0.2, 0) is 15.8 Å². The number of amides is 2. The Morgan fingerprint density at radius 1 is 1.28 bits per heavy atom. The molecule has 2 aromatic rings. The van der Waals surface area contributed by atoms with Crippen LogP contribution in [0.1, 0.15) is 42.8 Å². The number of alkyl halides is 3. The highest BCUT2D eigenvalue weighted by atomic mass is 19.4. The minimum atomic E-state index is -4.53. The normalized spacial score (nSPS) is 22.9. The number of aromatic nitrogens is 3. The number of hydrogen-bond acceptors (Lipinski definition) is 4. The third-order valence-electron chi connectivity index (χ3n) is 5.73. The van der Waals surface area contributed by atoms with Gasteiger partial charge in [-0.3, -0.25) is 9.59 Å². The van der Waals surface area contributed by atoms with Gasteiger partial charge in [0.15, 0.2) is 5.65 Å². The number of carbonyl (C=O) groups excluding carboxylic acids is 2. The molecule has 2 amide bonds. The number of rotatable bonds is 3. The predicted octanol–water partition coefficient (Wildman–Crippen LogP) is 2.24. The Bertz CT molecular complexity index is 971. The van der Waals surface area contributed by atoms with Crippen molar-refractivity contribution in [2.75, 3.05) is 26.2 Å². The molecule has 4 heterocycles. The zero-order valence-corrected chi connectivity index (χ0v) is 16.2. The number of nitrogens with zero attached hydrogens (tertiary/aromatic N) is 5. The van der Waals surface area contributed by atoms with Crippen LogP contribution in [0.2, 0.25) is 0 Å². The summed E-state index contributed by atoms with van der Waals surface area (Å²) in [5.74, 6) is -0.571. The van der Waals surface area contributed by atoms with Gasteiger partial charge in [0.1, 0.15) is 5.69 Å². The Morgan fingerprint density at radius 3 is 2.69 bits per heavy atom. The van der Waals surface area contributed by atoms with Crippen molar-refractivity contribution in [2.24, 2.45) is 5.92 Å². The Balaban J connectivity index is 1.53. The summed E-state index contributed by atoms with van der Waals surface area (Å²) >= 11 is 0. The first-order chi connectivity index (χ1) is 13.7. The summed E-state index contributed by atoms with van der Waals surface area (Å²) in [6.07, 6.45) is -3.69. The van der Waals surface area contributed by atoms with E-state index in [0.717, 1.165) is 10.6 Å². The Morgan fingerprint density at radius 2 is 2.03 bits per heavy atom. The van der Waals surface area contributed by atoms with Crippen LogP contribution in [0.25, 0.3) is 5.65 Å². The van der Waals surface area contributed by atoms with Crippen LogP contribution < -0.4 is 0 Å². The van der Waals surface area contributed by atoms with Crippen molar-refractivity contribution in [2.45, 2.75) is 38.8 Å². The van der Waals surface area contributed by atoms with E-state index < -0.39 is 11.9 Å². The lowest BCUT2D eigenvalue weighted by Crippen LogP contribution is -2.35. The SMILES string of the molecule is CCN1C[C@@H](C(=O)N2CC[C@H](c3cc4nc(C)cc(C(F)(F)F)n4n3)C2)CC1=O. The second-order valence-corrected chi connectivity index (χ2v) is 7.72. The molecule has 2 aliphatic rings. The van der Waals surface area contributed by atoms with Gasteiger partial charge in [0.2, 0.25) is 11.8 Å². The van der Waals surface area contributed by atoms with Crippen molar-refractivity contribution in [3.05, 3.63) is 29.2 Å². The van der Waals surface area contributed by atoms with Crippen molar-refractivity contribution >= 4 is 17.5 Å². The molecule has 0 aromatic carbocycles. The van der Waals surface area contributed by atoms with Gasteiger partial charge in [-0.15, -0.1) is 0 Å². The van der Waals surface area contributed by atoms with Gasteiger partial charge in [-0.25, -0.2) is 9.50 Å². The molecule has 0 N–H and O–H groups in total. The maximum absolute atomic E-state index is 13.3. The fraction of sp³-hybridized carbons (Fsp3) is 0.579. The van der Waals surface area contributed by atoms with Crippen molar-refractivity contribution in [3.8, 4) is 0 Å². The van der Waals surface area contributed by atoms with E-state index >= 15 is 0 Å². The van der Waals surface area contributed by atoms with Crippen LogP contribution in [-0.4, -0.2) is 62.4 Å². The van der Waals surface area contributed by atoms with E-state index in [2.05, 4.69) is 10.1 Å². The van der Waals surface area contributed by atoms with E-state index in [0.29, 0.717) is 38.3 Å². The lowest BCUT2D eigenvalue weighted by Gasteiger charge is -2.20. The van der Waals surface area contributed by atoms with Crippen LogP contribution in [0.5, 0.6) is 0 Å². The van der Waals surface area contributed by atoms with E-state index in [-0.39, 0.29) is 41.4 Å². The molecule has 29 heavy (non-hydrogen) atoms. The quantitative estimate of drug-likeness (QED) is 0.780. The minimum absolute atomic E-state index is 0.0110. The monoisotopic (exact) mass is 409 g/mol. The fourth-order valence-corrected chi connectivity index (χ4v) is 4.22. The molecule has 2 aromatic heterocycles. The van der Waals surface area contributed by atoms with Gasteiger partial charge in [0, 0.05) is 50.3 Å². The molecule has 2 aliphatic heterocycles. The zero-order valence-electron chi connectivity index (χ0n) is 16.2. The highest BCUT2D eigenvalue weighted by Crippen LogP contribution is 2.33. The number of hydrogen-bond donors (Lipinski definition) is 0. The second kappa shape index (κ2) is 7.00. The molecule has 2 fully saturated rings. The predicted molar refractivity (Wildman–Crippen MR) is 97.0 cm³/mol. The molecule has 0 radical (unpaired) electrons. The molecule has 0 saturated carbocycles. The molecule has 156 valence electrons. The van der Waals surface area contributed by atoms with Gasteiger partial charge in [0.05, 0.1) is 11.6 Å². The van der Waals surface area contributed by atoms with Crippen LogP contribution in [0.4, 0.5) is 13.2 Å². The lowest BCUT2D eigenvalue weighted by molar-refractivity contribution is -0.142. The number of likely N-dealkylation sites (tertiary alicyclic amines) is 2. The maximum Gasteiger partial charge on any atom is 0.433 e. The van der Waals surface area contributed by atoms with E-state index in [1.165, 1.54) is 6.92 Å². The summed E-state index contributed by atoms with van der Waals surface area (Å²) in [6, 6.07) is 2.55. The number of aryl methyl sites for hydroxylation is 1. The van der Waals surface area contributed by atoms with E-state index in [9.17, 15) is 22.8 Å². The molecule has 0 unspecified atom stereocenters. The Labute approximate surface area is 165 Å². The van der Waals surface area contributed by atoms with E-state index in [1.54, 1.807) is 15.9 Å². The molecule has 0 aliphatic carbocycles. The smallest absolute Gasteiger partial charge is 0.342 e. The molecule has 2 atom stereocenters. The first kappa shape index (κ1) is 19.7. The van der Waals surface area contributed by atoms with E-state index in [1.807, 2.05) is 6.92 Å². The van der Waals surface area contributed by atoms with Gasteiger partial charge < -0.3 is 9.80 Å². The summed E-state index contributed by atoms with van der Waals surface area (Å²) in [4.78, 5) is 32.2. The molecule has 7 nitrogen and oxygen atoms in total. The molecule has 0 bridgehead atoms. The number of carbonyl (C=O) groups is 2. The molecule has 0 spiro atoms. The summed E-state index contributed by atoms with van der Waals surface area (Å²) in [7, 11) is 0. The first-order valence-corrected chi connectivity index (χ1v) is 9.68. The van der Waals surface area contributed by atoms with Crippen LogP contribution >= 0.6 is 0 Å². The standard InChI is InChI=1S/C19H22F3N5O2/c1-3-25-10-13(7-17(25)28)18(29)26-5-4-12(9-26)14-8-16-23-11(2)6-15(19(20,21)22)27(16)24-14/h6,8,12-13H,3-5,7,9-10H2,1-2H3/t12-,13-/m0/s1. The van der Waals surface area contributed by atoms with Gasteiger partial charge in [0.25, 0.3) is 0 Å². The largest absolute Gasteiger partial charge is 0.433 e. The topological polar surface area (TPSA) is 70.8 Å². The van der Waals surface area contributed by atoms with Crippen LogP contribution in [0.3, 0.4) is 0 Å². The average molecular weight is 409 g/mol. The summed E-state index contributed by atoms with van der Waals surface area (Å²) in [6.45, 7) is 5.31. The fourth-order valence-electron chi connectivity index (χ4n) is 4.22. The lowest BCUT2D eigenvalue weighted by atomic mass is 10.1. The number of fused-ring (bicyclic) bond motifs is 1. The van der Waals surface area contributed by atoms with Gasteiger partial charge in [-0.1, -0.05) is 0 Å². The molecular weight excluding hydrogens is 387 g/mol. The van der Waals surface area contributed by atoms with Gasteiger partial charge in [-0.2, -0.15) is 18.3 Å². The van der Waals surface area contributed by atoms with Gasteiger partial charge in [-0.05, 0) is 26.3 Å². The maximum atomic E-state index is 13.3. The zero-order chi connectivity index (χ0) is 20.9. The molecular formula is C19H22F3N5O2. The first-order valence-electron chi connectivity index (χ1n) is 9.68. The second-order valence-electron chi connectivity index (χ2n) is 7.72. The van der Waals surface area contributed by atoms with E-state index in [4.69, 9.17) is 0 Å². The van der Waals surface area contributed by atoms with Gasteiger partial charge >= 0.3 is 6.18 Å². The summed E-state index contributed by atoms with van der Waals surface area (Å²) < 4.78 is 40.9. The third-order valence-corrected chi connectivity index (χ3v) is 5.73. The molecule has 4 rings (SSSR count). The molecule has 2 saturated heterocycles. The molecule has 10 heteroatoms. The third kappa shape index (κ3) is 3.56. The van der Waals surface area contributed by atoms with Crippen LogP contribution in [0.15, 0.2) is 12.1 Å². The summed E-state index contributed by atoms with van der Waals surface area (Å²) in [5.41, 5.74) is 0.0610. The highest BCUT2D eigenvalue weighted by molar-refractivity contribution is 5.89. The van der Waals surface area contributed by atoms with Crippen molar-refractivity contribution in [3.63, 3.8) is 0 Å². The Hall–Kier alpha value is -2.65. The highest BCUT2D eigenvalue weighted by Gasteiger charge is 2.39. The number of halogens is 3. The van der Waals surface area contributed by atoms with Crippen molar-refractivity contribution < 1.29 is 22.8 Å². The summed E-state index contributed by atoms with van der Waals surface area (Å²) in [5, 5.41) is 4.16. The van der Waals surface area contributed by atoms with Crippen LogP contribution in [0, 0.1) is 12.8 Å². The average Bonchev–Trinajstić information content (AvgIpc) is 3.36. The van der Waals surface area contributed by atoms with Crippen molar-refractivity contribution in [1.82, 2.24) is 24.4 Å².